The van der Waals surface area contributed by atoms with Crippen molar-refractivity contribution in [2.75, 3.05) is 27.2 Å². The number of aryl methyl sites for hydroxylation is 1. The molecule has 1 fully saturated rings. The van der Waals surface area contributed by atoms with Crippen LogP contribution >= 0.6 is 0 Å². The Kier molecular flexibility index (Phi) is 4.79. The number of likely N-dealkylation sites (tertiary alicyclic amines) is 1. The number of piperidine rings is 1. The molecule has 2 rings (SSSR count). The lowest BCUT2D eigenvalue weighted by Gasteiger charge is -2.29. The first-order valence-corrected chi connectivity index (χ1v) is 8.31. The molecule has 1 aliphatic rings. The SMILES string of the molecule is CNCc1c(S(=O)(=O)NC2CCCN(C)C2)n[nH]c1C. The third-order valence-corrected chi connectivity index (χ3v) is 5.08. The zero-order valence-corrected chi connectivity index (χ0v) is 13.0. The lowest BCUT2D eigenvalue weighted by molar-refractivity contribution is 0.242. The number of sulfonamides is 1. The van der Waals surface area contributed by atoms with Crippen LogP contribution < -0.4 is 10.0 Å². The van der Waals surface area contributed by atoms with Gasteiger partial charge >= 0.3 is 0 Å². The van der Waals surface area contributed by atoms with Gasteiger partial charge in [-0.3, -0.25) is 5.10 Å². The molecule has 0 aliphatic carbocycles. The van der Waals surface area contributed by atoms with Gasteiger partial charge in [-0.05, 0) is 40.4 Å². The lowest BCUT2D eigenvalue weighted by Crippen LogP contribution is -2.46. The standard InChI is InChI=1S/C12H23N5O2S/c1-9-11(7-13-2)12(15-14-9)20(18,19)16-10-5-4-6-17(3)8-10/h10,13,16H,4-8H2,1-3H3,(H,14,15). The predicted octanol–water partition coefficient (Wildman–Crippen LogP) is -0.190. The molecule has 0 amide bonds. The van der Waals surface area contributed by atoms with E-state index in [-0.39, 0.29) is 11.1 Å². The van der Waals surface area contributed by atoms with Crippen LogP contribution in [0.1, 0.15) is 24.1 Å². The fourth-order valence-corrected chi connectivity index (χ4v) is 4.03. The summed E-state index contributed by atoms with van der Waals surface area (Å²) in [5.41, 5.74) is 1.48. The molecule has 1 aromatic heterocycles. The van der Waals surface area contributed by atoms with Gasteiger partial charge in [-0.15, -0.1) is 0 Å². The van der Waals surface area contributed by atoms with Gasteiger partial charge in [-0.1, -0.05) is 0 Å². The van der Waals surface area contributed by atoms with Crippen molar-refractivity contribution in [3.05, 3.63) is 11.3 Å². The minimum Gasteiger partial charge on any atom is -0.316 e. The number of H-pyrrole nitrogens is 1. The molecule has 114 valence electrons. The van der Waals surface area contributed by atoms with Gasteiger partial charge in [0.25, 0.3) is 10.0 Å². The molecule has 2 heterocycles. The van der Waals surface area contributed by atoms with Crippen molar-refractivity contribution < 1.29 is 8.42 Å². The molecule has 8 heteroatoms. The Balaban J connectivity index is 2.18. The average Bonchev–Trinajstić information content (AvgIpc) is 2.72. The minimum atomic E-state index is -3.57. The zero-order valence-electron chi connectivity index (χ0n) is 12.2. The van der Waals surface area contributed by atoms with Gasteiger partial charge < -0.3 is 10.2 Å². The summed E-state index contributed by atoms with van der Waals surface area (Å²) in [5, 5.41) is 9.80. The van der Waals surface area contributed by atoms with Gasteiger partial charge in [0, 0.05) is 30.4 Å². The number of likely N-dealkylation sites (N-methyl/N-ethyl adjacent to an activating group) is 1. The quantitative estimate of drug-likeness (QED) is 0.701. The van der Waals surface area contributed by atoms with Crippen LogP contribution in [0.4, 0.5) is 0 Å². The maximum Gasteiger partial charge on any atom is 0.260 e. The van der Waals surface area contributed by atoms with Gasteiger partial charge in [0.2, 0.25) is 0 Å². The second kappa shape index (κ2) is 6.21. The van der Waals surface area contributed by atoms with E-state index in [1.165, 1.54) is 0 Å². The fourth-order valence-electron chi connectivity index (χ4n) is 2.58. The molecule has 0 spiro atoms. The van der Waals surface area contributed by atoms with Crippen LogP contribution in [0.25, 0.3) is 0 Å². The van der Waals surface area contributed by atoms with E-state index in [1.54, 1.807) is 7.05 Å². The Bertz CT molecular complexity index is 554. The molecule has 20 heavy (non-hydrogen) atoms. The van der Waals surface area contributed by atoms with Gasteiger partial charge in [-0.2, -0.15) is 5.10 Å². The second-order valence-corrected chi connectivity index (χ2v) is 7.01. The molecule has 0 radical (unpaired) electrons. The molecule has 1 atom stereocenters. The minimum absolute atomic E-state index is 0.0433. The third-order valence-electron chi connectivity index (χ3n) is 3.59. The molecule has 1 saturated heterocycles. The highest BCUT2D eigenvalue weighted by Crippen LogP contribution is 2.18. The molecule has 0 saturated carbocycles. The Labute approximate surface area is 120 Å². The zero-order chi connectivity index (χ0) is 14.8. The summed E-state index contributed by atoms with van der Waals surface area (Å²) in [6.45, 7) is 4.06. The molecular formula is C12H23N5O2S. The van der Waals surface area contributed by atoms with Gasteiger partial charge in [0.05, 0.1) is 0 Å². The lowest BCUT2D eigenvalue weighted by atomic mass is 10.1. The number of hydrogen-bond acceptors (Lipinski definition) is 5. The second-order valence-electron chi connectivity index (χ2n) is 5.39. The first-order valence-electron chi connectivity index (χ1n) is 6.83. The van der Waals surface area contributed by atoms with Crippen LogP contribution in [0.2, 0.25) is 0 Å². The van der Waals surface area contributed by atoms with Crippen LogP contribution in [-0.4, -0.2) is 56.7 Å². The van der Waals surface area contributed by atoms with Crippen molar-refractivity contribution in [1.29, 1.82) is 0 Å². The number of nitrogens with zero attached hydrogens (tertiary/aromatic N) is 2. The van der Waals surface area contributed by atoms with E-state index in [9.17, 15) is 8.42 Å². The number of aromatic amines is 1. The molecule has 1 aliphatic heterocycles. The molecule has 0 aromatic carbocycles. The largest absolute Gasteiger partial charge is 0.316 e. The van der Waals surface area contributed by atoms with Crippen molar-refractivity contribution in [1.82, 2.24) is 25.1 Å². The van der Waals surface area contributed by atoms with E-state index in [4.69, 9.17) is 0 Å². The number of aromatic nitrogens is 2. The van der Waals surface area contributed by atoms with Crippen molar-refractivity contribution in [3.8, 4) is 0 Å². The molecule has 1 unspecified atom stereocenters. The summed E-state index contributed by atoms with van der Waals surface area (Å²) in [4.78, 5) is 2.14. The summed E-state index contributed by atoms with van der Waals surface area (Å²) in [7, 11) is 0.215. The Morgan fingerprint density at radius 1 is 1.50 bits per heavy atom. The summed E-state index contributed by atoms with van der Waals surface area (Å²) in [6.07, 6.45) is 1.88. The van der Waals surface area contributed by atoms with E-state index < -0.39 is 10.0 Å². The maximum atomic E-state index is 12.5. The highest BCUT2D eigenvalue weighted by Gasteiger charge is 2.28. The predicted molar refractivity (Wildman–Crippen MR) is 76.9 cm³/mol. The van der Waals surface area contributed by atoms with Crippen LogP contribution in [0.3, 0.4) is 0 Å². The molecule has 1 aromatic rings. The third kappa shape index (κ3) is 3.38. The van der Waals surface area contributed by atoms with Crippen molar-refractivity contribution >= 4 is 10.0 Å². The van der Waals surface area contributed by atoms with E-state index >= 15 is 0 Å². The first kappa shape index (κ1) is 15.4. The molecular weight excluding hydrogens is 278 g/mol. The first-order chi connectivity index (χ1) is 9.44. The van der Waals surface area contributed by atoms with E-state index in [2.05, 4.69) is 25.1 Å². The fraction of sp³-hybridized carbons (Fsp3) is 0.750. The van der Waals surface area contributed by atoms with Gasteiger partial charge in [0.1, 0.15) is 0 Å². The number of nitrogens with one attached hydrogen (secondary N) is 3. The Hall–Kier alpha value is -0.960. The van der Waals surface area contributed by atoms with E-state index in [0.717, 1.165) is 31.6 Å². The summed E-state index contributed by atoms with van der Waals surface area (Å²) in [6, 6.07) is -0.0433. The normalized spacial score (nSPS) is 21.2. The van der Waals surface area contributed by atoms with Crippen molar-refractivity contribution in [2.45, 2.75) is 37.4 Å². The topological polar surface area (TPSA) is 90.1 Å². The van der Waals surface area contributed by atoms with Crippen LogP contribution in [0.15, 0.2) is 5.03 Å². The molecule has 7 nitrogen and oxygen atoms in total. The maximum absolute atomic E-state index is 12.5. The summed E-state index contributed by atoms with van der Waals surface area (Å²) < 4.78 is 27.7. The summed E-state index contributed by atoms with van der Waals surface area (Å²) >= 11 is 0. The van der Waals surface area contributed by atoms with E-state index in [0.29, 0.717) is 12.1 Å². The molecule has 3 N–H and O–H groups in total. The van der Waals surface area contributed by atoms with Crippen LogP contribution in [-0.2, 0) is 16.6 Å². The highest BCUT2D eigenvalue weighted by atomic mass is 32.2. The van der Waals surface area contributed by atoms with Crippen molar-refractivity contribution in [3.63, 3.8) is 0 Å². The molecule has 0 bridgehead atoms. The number of hydrogen-bond donors (Lipinski definition) is 3. The Morgan fingerprint density at radius 2 is 2.25 bits per heavy atom. The van der Waals surface area contributed by atoms with Crippen LogP contribution in [0, 0.1) is 6.92 Å². The number of rotatable bonds is 5. The smallest absolute Gasteiger partial charge is 0.260 e. The summed E-state index contributed by atoms with van der Waals surface area (Å²) in [5.74, 6) is 0. The van der Waals surface area contributed by atoms with Gasteiger partial charge in [0.15, 0.2) is 5.03 Å². The Morgan fingerprint density at radius 3 is 2.90 bits per heavy atom. The van der Waals surface area contributed by atoms with Crippen LogP contribution in [0.5, 0.6) is 0 Å². The van der Waals surface area contributed by atoms with Gasteiger partial charge in [-0.25, -0.2) is 13.1 Å². The average molecular weight is 301 g/mol. The van der Waals surface area contributed by atoms with E-state index in [1.807, 2.05) is 14.0 Å². The highest BCUT2D eigenvalue weighted by molar-refractivity contribution is 7.89. The monoisotopic (exact) mass is 301 g/mol. The van der Waals surface area contributed by atoms with Crippen molar-refractivity contribution in [2.24, 2.45) is 0 Å².